The predicted molar refractivity (Wildman–Crippen MR) is 84.5 cm³/mol. The summed E-state index contributed by atoms with van der Waals surface area (Å²) < 4.78 is 4.84. The lowest BCUT2D eigenvalue weighted by atomic mass is 10.1. The number of aromatic hydroxyl groups is 3. The maximum Gasteiger partial charge on any atom is 0.271 e. The Bertz CT molecular complexity index is 777. The Labute approximate surface area is 136 Å². The van der Waals surface area contributed by atoms with E-state index in [2.05, 4.69) is 10.5 Å². The monoisotopic (exact) mass is 336 g/mol. The zero-order valence-electron chi connectivity index (χ0n) is 11.9. The minimum atomic E-state index is -0.642. The van der Waals surface area contributed by atoms with Gasteiger partial charge in [0.15, 0.2) is 11.5 Å². The Morgan fingerprint density at radius 1 is 1.22 bits per heavy atom. The number of hydrogen-bond acceptors (Lipinski definition) is 6. The minimum Gasteiger partial charge on any atom is -0.507 e. The molecule has 0 fully saturated rings. The summed E-state index contributed by atoms with van der Waals surface area (Å²) >= 11 is 5.79. The highest BCUT2D eigenvalue weighted by Crippen LogP contribution is 2.36. The normalized spacial score (nSPS) is 10.7. The largest absolute Gasteiger partial charge is 0.507 e. The smallest absolute Gasteiger partial charge is 0.271 e. The second kappa shape index (κ2) is 6.89. The number of nitrogens with zero attached hydrogens (tertiary/aromatic N) is 1. The molecule has 2 aromatic rings. The van der Waals surface area contributed by atoms with Crippen molar-refractivity contribution in [2.75, 3.05) is 7.11 Å². The van der Waals surface area contributed by atoms with Crippen molar-refractivity contribution in [2.45, 2.75) is 0 Å². The van der Waals surface area contributed by atoms with E-state index in [1.807, 2.05) is 0 Å². The SMILES string of the molecule is COc1cc(C(=O)N/N=C/c2cc(Cl)ccc2O)cc(O)c1O. The number of phenolic OH excluding ortho intramolecular Hbond substituents is 3. The average molecular weight is 337 g/mol. The van der Waals surface area contributed by atoms with Crippen molar-refractivity contribution >= 4 is 23.7 Å². The van der Waals surface area contributed by atoms with Crippen molar-refractivity contribution in [1.82, 2.24) is 5.43 Å². The van der Waals surface area contributed by atoms with Crippen LogP contribution < -0.4 is 10.2 Å². The van der Waals surface area contributed by atoms with Crippen LogP contribution in [0.25, 0.3) is 0 Å². The first-order chi connectivity index (χ1) is 10.9. The molecule has 2 aromatic carbocycles. The van der Waals surface area contributed by atoms with Gasteiger partial charge in [0.1, 0.15) is 5.75 Å². The molecule has 8 heteroatoms. The highest BCUT2D eigenvalue weighted by atomic mass is 35.5. The van der Waals surface area contributed by atoms with Gasteiger partial charge in [-0.05, 0) is 30.3 Å². The molecular weight excluding hydrogens is 324 g/mol. The third kappa shape index (κ3) is 3.83. The lowest BCUT2D eigenvalue weighted by Crippen LogP contribution is -2.17. The molecule has 1 amide bonds. The van der Waals surface area contributed by atoms with Gasteiger partial charge in [-0.1, -0.05) is 11.6 Å². The van der Waals surface area contributed by atoms with Crippen LogP contribution >= 0.6 is 11.6 Å². The molecule has 120 valence electrons. The molecule has 7 nitrogen and oxygen atoms in total. The van der Waals surface area contributed by atoms with Gasteiger partial charge in [-0.3, -0.25) is 4.79 Å². The molecule has 0 saturated heterocycles. The van der Waals surface area contributed by atoms with Crippen LogP contribution in [0.15, 0.2) is 35.4 Å². The molecule has 0 unspecified atom stereocenters. The van der Waals surface area contributed by atoms with Gasteiger partial charge in [-0.15, -0.1) is 0 Å². The summed E-state index contributed by atoms with van der Waals surface area (Å²) in [6, 6.07) is 6.70. The summed E-state index contributed by atoms with van der Waals surface area (Å²) in [5.41, 5.74) is 2.58. The van der Waals surface area contributed by atoms with E-state index >= 15 is 0 Å². The molecule has 23 heavy (non-hydrogen) atoms. The maximum absolute atomic E-state index is 12.0. The number of hydrazone groups is 1. The van der Waals surface area contributed by atoms with Crippen LogP contribution in [0.2, 0.25) is 5.02 Å². The van der Waals surface area contributed by atoms with E-state index < -0.39 is 17.4 Å². The predicted octanol–water partition coefficient (Wildman–Crippen LogP) is 2.23. The number of amides is 1. The van der Waals surface area contributed by atoms with Crippen LogP contribution in [0, 0.1) is 0 Å². The maximum atomic E-state index is 12.0. The summed E-state index contributed by atoms with van der Waals surface area (Å²) in [4.78, 5) is 12.0. The number of halogens is 1. The minimum absolute atomic E-state index is 0.0321. The van der Waals surface area contributed by atoms with E-state index in [0.29, 0.717) is 10.6 Å². The van der Waals surface area contributed by atoms with Crippen molar-refractivity contribution in [2.24, 2.45) is 5.10 Å². The average Bonchev–Trinajstić information content (AvgIpc) is 2.53. The molecule has 2 rings (SSSR count). The number of hydrogen-bond donors (Lipinski definition) is 4. The van der Waals surface area contributed by atoms with Gasteiger partial charge >= 0.3 is 0 Å². The van der Waals surface area contributed by atoms with Crippen molar-refractivity contribution in [1.29, 1.82) is 0 Å². The first kappa shape index (κ1) is 16.4. The quantitative estimate of drug-likeness (QED) is 0.388. The summed E-state index contributed by atoms with van der Waals surface area (Å²) in [6.07, 6.45) is 1.22. The highest BCUT2D eigenvalue weighted by Gasteiger charge is 2.14. The molecule has 4 N–H and O–H groups in total. The number of carbonyl (C=O) groups excluding carboxylic acids is 1. The molecule has 0 heterocycles. The second-order valence-corrected chi connectivity index (χ2v) is 4.88. The zero-order chi connectivity index (χ0) is 17.0. The Kier molecular flexibility index (Phi) is 4.92. The topological polar surface area (TPSA) is 111 Å². The first-order valence-corrected chi connectivity index (χ1v) is 6.72. The number of benzene rings is 2. The molecular formula is C15H13ClN2O5. The fraction of sp³-hybridized carbons (Fsp3) is 0.0667. The van der Waals surface area contributed by atoms with Gasteiger partial charge in [0.2, 0.25) is 5.75 Å². The molecule has 0 aliphatic heterocycles. The number of methoxy groups -OCH3 is 1. The Morgan fingerprint density at radius 2 is 1.96 bits per heavy atom. The van der Waals surface area contributed by atoms with Gasteiger partial charge in [-0.25, -0.2) is 5.43 Å². The Balaban J connectivity index is 2.15. The van der Waals surface area contributed by atoms with Gasteiger partial charge in [-0.2, -0.15) is 5.10 Å². The fourth-order valence-electron chi connectivity index (χ4n) is 1.73. The van der Waals surface area contributed by atoms with Crippen molar-refractivity contribution in [3.8, 4) is 23.0 Å². The van der Waals surface area contributed by atoms with Crippen LogP contribution in [0.5, 0.6) is 23.0 Å². The summed E-state index contributed by atoms with van der Waals surface area (Å²) in [5, 5.41) is 32.8. The summed E-state index contributed by atoms with van der Waals surface area (Å²) in [7, 11) is 1.29. The molecule has 0 bridgehead atoms. The molecule has 0 radical (unpaired) electrons. The fourth-order valence-corrected chi connectivity index (χ4v) is 1.91. The number of phenols is 3. The van der Waals surface area contributed by atoms with Crippen LogP contribution in [0.3, 0.4) is 0 Å². The van der Waals surface area contributed by atoms with E-state index in [4.69, 9.17) is 16.3 Å². The molecule has 0 aliphatic rings. The highest BCUT2D eigenvalue weighted by molar-refractivity contribution is 6.30. The number of ether oxygens (including phenoxy) is 1. The second-order valence-electron chi connectivity index (χ2n) is 4.45. The summed E-state index contributed by atoms with van der Waals surface area (Å²) in [5.74, 6) is -1.69. The van der Waals surface area contributed by atoms with Gasteiger partial charge in [0.25, 0.3) is 5.91 Å². The van der Waals surface area contributed by atoms with Crippen LogP contribution in [0.1, 0.15) is 15.9 Å². The molecule has 0 spiro atoms. The van der Waals surface area contributed by atoms with Crippen LogP contribution in [-0.4, -0.2) is 34.6 Å². The third-order valence-electron chi connectivity index (χ3n) is 2.90. The van der Waals surface area contributed by atoms with Crippen molar-refractivity contribution in [3.63, 3.8) is 0 Å². The first-order valence-electron chi connectivity index (χ1n) is 6.34. The van der Waals surface area contributed by atoms with Crippen LogP contribution in [0.4, 0.5) is 0 Å². The van der Waals surface area contributed by atoms with Crippen molar-refractivity contribution < 1.29 is 24.9 Å². The summed E-state index contributed by atoms with van der Waals surface area (Å²) in [6.45, 7) is 0. The Hall–Kier alpha value is -2.93. The number of carbonyl (C=O) groups is 1. The van der Waals surface area contributed by atoms with E-state index in [1.54, 1.807) is 0 Å². The third-order valence-corrected chi connectivity index (χ3v) is 3.13. The zero-order valence-corrected chi connectivity index (χ0v) is 12.7. The standard InChI is InChI=1S/C15H13ClN2O5/c1-23-13-6-8(5-12(20)14(13)21)15(22)18-17-7-9-4-10(16)2-3-11(9)19/h2-7,19-21H,1H3,(H,18,22)/b17-7+. The molecule has 0 aromatic heterocycles. The van der Waals surface area contributed by atoms with E-state index in [1.165, 1.54) is 37.6 Å². The lowest BCUT2D eigenvalue weighted by Gasteiger charge is -2.07. The number of nitrogens with one attached hydrogen (secondary N) is 1. The number of rotatable bonds is 4. The molecule has 0 saturated carbocycles. The Morgan fingerprint density at radius 3 is 2.65 bits per heavy atom. The van der Waals surface area contributed by atoms with Gasteiger partial charge in [0.05, 0.1) is 13.3 Å². The molecule has 0 aliphatic carbocycles. The van der Waals surface area contributed by atoms with Crippen molar-refractivity contribution in [3.05, 3.63) is 46.5 Å². The van der Waals surface area contributed by atoms with Gasteiger partial charge in [0, 0.05) is 16.1 Å². The molecule has 0 atom stereocenters. The van der Waals surface area contributed by atoms with E-state index in [0.717, 1.165) is 6.07 Å². The van der Waals surface area contributed by atoms with E-state index in [-0.39, 0.29) is 17.1 Å². The van der Waals surface area contributed by atoms with Crippen LogP contribution in [-0.2, 0) is 0 Å². The van der Waals surface area contributed by atoms with E-state index in [9.17, 15) is 20.1 Å². The van der Waals surface area contributed by atoms with Gasteiger partial charge < -0.3 is 20.1 Å². The lowest BCUT2D eigenvalue weighted by molar-refractivity contribution is 0.0954.